The molecule has 1 aromatic carbocycles. The first-order valence-corrected chi connectivity index (χ1v) is 5.74. The largest absolute Gasteiger partial charge is 0.351 e. The SMILES string of the molecule is c1cc2c(c(N=NC3=NCCN3)c1)CCC2. The zero-order valence-corrected chi connectivity index (χ0v) is 9.11. The van der Waals surface area contributed by atoms with E-state index < -0.39 is 0 Å². The Labute approximate surface area is 94.5 Å². The summed E-state index contributed by atoms with van der Waals surface area (Å²) >= 11 is 0. The van der Waals surface area contributed by atoms with Gasteiger partial charge in [-0.25, -0.2) is 4.99 Å². The van der Waals surface area contributed by atoms with Crippen molar-refractivity contribution in [2.24, 2.45) is 15.2 Å². The molecule has 4 heteroatoms. The summed E-state index contributed by atoms with van der Waals surface area (Å²) in [6, 6.07) is 6.28. The molecule has 0 amide bonds. The molecule has 3 rings (SSSR count). The molecule has 82 valence electrons. The number of aryl methyl sites for hydroxylation is 1. The Balaban J connectivity index is 1.87. The molecular formula is C12H14N4. The van der Waals surface area contributed by atoms with E-state index in [1.54, 1.807) is 0 Å². The lowest BCUT2D eigenvalue weighted by molar-refractivity contribution is 0.910. The topological polar surface area (TPSA) is 49.1 Å². The van der Waals surface area contributed by atoms with Gasteiger partial charge in [0.25, 0.3) is 0 Å². The molecule has 0 unspecified atom stereocenters. The van der Waals surface area contributed by atoms with Gasteiger partial charge in [0.15, 0.2) is 0 Å². The van der Waals surface area contributed by atoms with Gasteiger partial charge in [-0.15, -0.1) is 10.2 Å². The van der Waals surface area contributed by atoms with E-state index >= 15 is 0 Å². The van der Waals surface area contributed by atoms with Gasteiger partial charge < -0.3 is 5.32 Å². The number of guanidine groups is 1. The number of hydrogen-bond acceptors (Lipinski definition) is 4. The Kier molecular flexibility index (Phi) is 2.40. The first-order valence-electron chi connectivity index (χ1n) is 5.74. The van der Waals surface area contributed by atoms with Crippen molar-refractivity contribution in [2.75, 3.05) is 13.1 Å². The summed E-state index contributed by atoms with van der Waals surface area (Å²) in [5.74, 6) is 0.663. The maximum atomic E-state index is 4.29. The average Bonchev–Trinajstić information content (AvgIpc) is 2.97. The fourth-order valence-corrected chi connectivity index (χ4v) is 2.25. The van der Waals surface area contributed by atoms with E-state index in [9.17, 15) is 0 Å². The third-order valence-electron chi connectivity index (χ3n) is 3.03. The van der Waals surface area contributed by atoms with Crippen LogP contribution < -0.4 is 5.32 Å². The Bertz CT molecular complexity index is 462. The molecule has 0 bridgehead atoms. The van der Waals surface area contributed by atoms with E-state index in [-0.39, 0.29) is 0 Å². The van der Waals surface area contributed by atoms with E-state index in [1.165, 1.54) is 24.0 Å². The normalized spacial score (nSPS) is 18.6. The summed E-state index contributed by atoms with van der Waals surface area (Å²) in [6.07, 6.45) is 3.55. The molecule has 0 spiro atoms. The number of azo groups is 1. The highest BCUT2D eigenvalue weighted by molar-refractivity contribution is 5.81. The summed E-state index contributed by atoms with van der Waals surface area (Å²) in [5, 5.41) is 11.5. The quantitative estimate of drug-likeness (QED) is 0.716. The van der Waals surface area contributed by atoms with Crippen LogP contribution in [-0.4, -0.2) is 19.0 Å². The van der Waals surface area contributed by atoms with Gasteiger partial charge in [-0.2, -0.15) is 0 Å². The lowest BCUT2D eigenvalue weighted by Gasteiger charge is -2.01. The minimum absolute atomic E-state index is 0.663. The van der Waals surface area contributed by atoms with Crippen molar-refractivity contribution in [2.45, 2.75) is 19.3 Å². The summed E-state index contributed by atoms with van der Waals surface area (Å²) in [6.45, 7) is 1.68. The van der Waals surface area contributed by atoms with Gasteiger partial charge in [-0.1, -0.05) is 12.1 Å². The summed E-state index contributed by atoms with van der Waals surface area (Å²) in [4.78, 5) is 4.19. The fraction of sp³-hybridized carbons (Fsp3) is 0.417. The second-order valence-electron chi connectivity index (χ2n) is 4.10. The highest BCUT2D eigenvalue weighted by Crippen LogP contribution is 2.30. The highest BCUT2D eigenvalue weighted by atomic mass is 15.3. The monoisotopic (exact) mass is 214 g/mol. The standard InChI is InChI=1S/C12H14N4/c1-3-9-4-2-6-11(10(9)5-1)15-16-12-13-7-8-14-12/h2,4,6H,1,3,5,7-8H2,(H,13,14). The third kappa shape index (κ3) is 1.71. The number of fused-ring (bicyclic) bond motifs is 1. The van der Waals surface area contributed by atoms with Gasteiger partial charge >= 0.3 is 0 Å². The van der Waals surface area contributed by atoms with Crippen molar-refractivity contribution in [1.29, 1.82) is 0 Å². The van der Waals surface area contributed by atoms with E-state index in [0.29, 0.717) is 5.96 Å². The van der Waals surface area contributed by atoms with Crippen LogP contribution in [0.4, 0.5) is 5.69 Å². The maximum absolute atomic E-state index is 4.29. The molecule has 0 atom stereocenters. The van der Waals surface area contributed by atoms with Gasteiger partial charge in [0.1, 0.15) is 0 Å². The van der Waals surface area contributed by atoms with Crippen LogP contribution in [0.1, 0.15) is 17.5 Å². The van der Waals surface area contributed by atoms with Crippen LogP contribution in [0.25, 0.3) is 0 Å². The molecule has 0 radical (unpaired) electrons. The Morgan fingerprint density at radius 1 is 1.19 bits per heavy atom. The molecule has 1 aliphatic carbocycles. The average molecular weight is 214 g/mol. The van der Waals surface area contributed by atoms with Crippen LogP contribution in [0.15, 0.2) is 33.4 Å². The van der Waals surface area contributed by atoms with Crippen LogP contribution >= 0.6 is 0 Å². The second kappa shape index (κ2) is 4.04. The number of benzene rings is 1. The van der Waals surface area contributed by atoms with Crippen LogP contribution in [0.3, 0.4) is 0 Å². The van der Waals surface area contributed by atoms with Crippen molar-refractivity contribution in [3.8, 4) is 0 Å². The zero-order valence-electron chi connectivity index (χ0n) is 9.11. The molecule has 0 fully saturated rings. The molecular weight excluding hydrogens is 200 g/mol. The van der Waals surface area contributed by atoms with E-state index in [4.69, 9.17) is 0 Å². The van der Waals surface area contributed by atoms with E-state index in [2.05, 4.69) is 32.7 Å². The van der Waals surface area contributed by atoms with Gasteiger partial charge in [0.2, 0.25) is 5.96 Å². The number of hydrogen-bond donors (Lipinski definition) is 1. The van der Waals surface area contributed by atoms with Crippen LogP contribution in [-0.2, 0) is 12.8 Å². The summed E-state index contributed by atoms with van der Waals surface area (Å²) in [7, 11) is 0. The first kappa shape index (κ1) is 9.51. The minimum Gasteiger partial charge on any atom is -0.351 e. The molecule has 4 nitrogen and oxygen atoms in total. The fourth-order valence-electron chi connectivity index (χ4n) is 2.25. The van der Waals surface area contributed by atoms with Crippen molar-refractivity contribution in [3.63, 3.8) is 0 Å². The lowest BCUT2D eigenvalue weighted by atomic mass is 10.1. The van der Waals surface area contributed by atoms with Crippen molar-refractivity contribution < 1.29 is 0 Å². The number of nitrogens with zero attached hydrogens (tertiary/aromatic N) is 3. The lowest BCUT2D eigenvalue weighted by Crippen LogP contribution is -2.15. The molecule has 1 N–H and O–H groups in total. The van der Waals surface area contributed by atoms with Gasteiger partial charge in [0.05, 0.1) is 12.2 Å². The molecule has 2 aliphatic rings. The molecule has 1 aromatic rings. The van der Waals surface area contributed by atoms with E-state index in [0.717, 1.165) is 25.2 Å². The van der Waals surface area contributed by atoms with Gasteiger partial charge in [-0.05, 0) is 36.5 Å². The number of aliphatic imine (C=N–C) groups is 1. The number of nitrogens with one attached hydrogen (secondary N) is 1. The first-order chi connectivity index (χ1) is 7.93. The van der Waals surface area contributed by atoms with Crippen molar-refractivity contribution >= 4 is 11.6 Å². The van der Waals surface area contributed by atoms with Crippen molar-refractivity contribution in [1.82, 2.24) is 5.32 Å². The predicted molar refractivity (Wildman–Crippen MR) is 63.3 cm³/mol. The Morgan fingerprint density at radius 2 is 2.19 bits per heavy atom. The molecule has 0 saturated heterocycles. The van der Waals surface area contributed by atoms with Crippen LogP contribution in [0.2, 0.25) is 0 Å². The molecule has 1 heterocycles. The van der Waals surface area contributed by atoms with Gasteiger partial charge in [0, 0.05) is 6.54 Å². The van der Waals surface area contributed by atoms with Crippen LogP contribution in [0, 0.1) is 0 Å². The number of rotatable bonds is 1. The minimum atomic E-state index is 0.663. The van der Waals surface area contributed by atoms with Crippen molar-refractivity contribution in [3.05, 3.63) is 29.3 Å². The van der Waals surface area contributed by atoms with Gasteiger partial charge in [-0.3, -0.25) is 0 Å². The Morgan fingerprint density at radius 3 is 3.06 bits per heavy atom. The van der Waals surface area contributed by atoms with Crippen LogP contribution in [0.5, 0.6) is 0 Å². The summed E-state index contributed by atoms with van der Waals surface area (Å²) in [5.41, 5.74) is 3.80. The highest BCUT2D eigenvalue weighted by Gasteiger charge is 2.14. The predicted octanol–water partition coefficient (Wildman–Crippen LogP) is 2.22. The molecule has 16 heavy (non-hydrogen) atoms. The maximum Gasteiger partial charge on any atom is 0.238 e. The summed E-state index contributed by atoms with van der Waals surface area (Å²) < 4.78 is 0. The Hall–Kier alpha value is -1.71. The molecule has 1 aliphatic heterocycles. The smallest absolute Gasteiger partial charge is 0.238 e. The second-order valence-corrected chi connectivity index (χ2v) is 4.10. The zero-order chi connectivity index (χ0) is 10.8. The molecule has 0 aromatic heterocycles. The molecule has 0 saturated carbocycles. The van der Waals surface area contributed by atoms with E-state index in [1.807, 2.05) is 6.07 Å². The third-order valence-corrected chi connectivity index (χ3v) is 3.03.